The van der Waals surface area contributed by atoms with Gasteiger partial charge in [0.05, 0.1) is 25.8 Å². The number of ether oxygens (including phenoxy) is 3. The first-order chi connectivity index (χ1) is 13.7. The van der Waals surface area contributed by atoms with E-state index in [1.165, 1.54) is 0 Å². The van der Waals surface area contributed by atoms with Crippen molar-refractivity contribution in [1.82, 2.24) is 10.2 Å². The third kappa shape index (κ3) is 4.18. The van der Waals surface area contributed by atoms with Gasteiger partial charge in [-0.3, -0.25) is 4.79 Å². The number of benzene rings is 2. The van der Waals surface area contributed by atoms with Crippen LogP contribution in [-0.2, 0) is 4.79 Å². The standard InChI is InChI=1S/C22H24N2O4.ClH/c1-26-17-7-8-20-15(12-17)11-16(14-28-20)22(25)24-10-9-23-13-19(24)18-5-3-4-6-21(18)27-2;/h3-8,11-12,19,23H,9-10,13-14H2,1-2H3;1H. The summed E-state index contributed by atoms with van der Waals surface area (Å²) in [6.45, 7) is 2.34. The number of piperazine rings is 1. The molecule has 1 atom stereocenters. The first-order valence-corrected chi connectivity index (χ1v) is 9.37. The van der Waals surface area contributed by atoms with Gasteiger partial charge in [-0.05, 0) is 30.3 Å². The number of hydrogen-bond donors (Lipinski definition) is 1. The van der Waals surface area contributed by atoms with Crippen LogP contribution in [0.2, 0.25) is 0 Å². The molecular weight excluding hydrogens is 392 g/mol. The molecule has 0 aliphatic carbocycles. The lowest BCUT2D eigenvalue weighted by Crippen LogP contribution is -2.49. The van der Waals surface area contributed by atoms with E-state index in [9.17, 15) is 4.79 Å². The number of amides is 1. The number of methoxy groups -OCH3 is 2. The molecule has 29 heavy (non-hydrogen) atoms. The van der Waals surface area contributed by atoms with Gasteiger partial charge in [-0.25, -0.2) is 0 Å². The van der Waals surface area contributed by atoms with Crippen LogP contribution in [0.25, 0.3) is 6.08 Å². The number of fused-ring (bicyclic) bond motifs is 1. The average Bonchev–Trinajstić information content (AvgIpc) is 2.77. The zero-order valence-corrected chi connectivity index (χ0v) is 17.3. The molecule has 4 rings (SSSR count). The van der Waals surface area contributed by atoms with Crippen LogP contribution in [0.1, 0.15) is 17.2 Å². The topological polar surface area (TPSA) is 60.0 Å². The van der Waals surface area contributed by atoms with E-state index in [4.69, 9.17) is 14.2 Å². The maximum absolute atomic E-state index is 13.4. The van der Waals surface area contributed by atoms with Crippen LogP contribution in [0.4, 0.5) is 0 Å². The summed E-state index contributed by atoms with van der Waals surface area (Å²) in [5.74, 6) is 2.28. The van der Waals surface area contributed by atoms with Gasteiger partial charge in [0.2, 0.25) is 0 Å². The Labute approximate surface area is 176 Å². The zero-order valence-electron chi connectivity index (χ0n) is 16.5. The molecule has 2 aliphatic rings. The first kappa shape index (κ1) is 21.0. The van der Waals surface area contributed by atoms with Crippen molar-refractivity contribution in [3.8, 4) is 17.2 Å². The molecule has 1 saturated heterocycles. The first-order valence-electron chi connectivity index (χ1n) is 9.37. The highest BCUT2D eigenvalue weighted by Gasteiger charge is 2.32. The molecule has 2 aliphatic heterocycles. The number of para-hydroxylation sites is 1. The third-order valence-corrected chi connectivity index (χ3v) is 5.21. The zero-order chi connectivity index (χ0) is 19.5. The van der Waals surface area contributed by atoms with Crippen LogP contribution in [0.5, 0.6) is 17.2 Å². The predicted molar refractivity (Wildman–Crippen MR) is 114 cm³/mol. The maximum Gasteiger partial charge on any atom is 0.253 e. The normalized spacial score (nSPS) is 17.9. The Kier molecular flexibility index (Phi) is 6.67. The largest absolute Gasteiger partial charge is 0.497 e. The van der Waals surface area contributed by atoms with Crippen molar-refractivity contribution < 1.29 is 19.0 Å². The second kappa shape index (κ2) is 9.20. The van der Waals surface area contributed by atoms with Crippen molar-refractivity contribution in [3.05, 3.63) is 59.2 Å². The molecule has 0 bridgehead atoms. The molecule has 2 heterocycles. The fourth-order valence-electron chi connectivity index (χ4n) is 3.76. The number of hydrogen-bond acceptors (Lipinski definition) is 5. The van der Waals surface area contributed by atoms with E-state index in [0.717, 1.165) is 34.9 Å². The molecule has 6 nitrogen and oxygen atoms in total. The fourth-order valence-corrected chi connectivity index (χ4v) is 3.76. The Balaban J connectivity index is 0.00000240. The van der Waals surface area contributed by atoms with Gasteiger partial charge in [0.15, 0.2) is 0 Å². The smallest absolute Gasteiger partial charge is 0.253 e. The molecule has 154 valence electrons. The van der Waals surface area contributed by atoms with E-state index in [-0.39, 0.29) is 31.0 Å². The highest BCUT2D eigenvalue weighted by molar-refractivity contribution is 5.99. The molecule has 0 saturated carbocycles. The van der Waals surface area contributed by atoms with Crippen molar-refractivity contribution in [3.63, 3.8) is 0 Å². The Hall–Kier alpha value is -2.70. The van der Waals surface area contributed by atoms with E-state index in [0.29, 0.717) is 18.7 Å². The Morgan fingerprint density at radius 2 is 2.00 bits per heavy atom. The number of rotatable bonds is 4. The van der Waals surface area contributed by atoms with Crippen LogP contribution < -0.4 is 19.5 Å². The van der Waals surface area contributed by atoms with E-state index >= 15 is 0 Å². The van der Waals surface area contributed by atoms with Crippen molar-refractivity contribution >= 4 is 24.4 Å². The molecule has 0 radical (unpaired) electrons. The summed E-state index contributed by atoms with van der Waals surface area (Å²) in [7, 11) is 3.28. The third-order valence-electron chi connectivity index (χ3n) is 5.21. The van der Waals surface area contributed by atoms with Crippen LogP contribution in [0.3, 0.4) is 0 Å². The van der Waals surface area contributed by atoms with E-state index in [1.54, 1.807) is 14.2 Å². The van der Waals surface area contributed by atoms with Crippen LogP contribution >= 0.6 is 12.4 Å². The monoisotopic (exact) mass is 416 g/mol. The van der Waals surface area contributed by atoms with Gasteiger partial charge in [-0.15, -0.1) is 12.4 Å². The average molecular weight is 417 g/mol. The van der Waals surface area contributed by atoms with Gasteiger partial charge in [0, 0.05) is 30.8 Å². The van der Waals surface area contributed by atoms with Crippen LogP contribution in [0, 0.1) is 0 Å². The number of nitrogens with zero attached hydrogens (tertiary/aromatic N) is 1. The summed E-state index contributed by atoms with van der Waals surface area (Å²) in [4.78, 5) is 15.3. The summed E-state index contributed by atoms with van der Waals surface area (Å²) in [6.07, 6.45) is 1.91. The van der Waals surface area contributed by atoms with Gasteiger partial charge in [-0.2, -0.15) is 0 Å². The number of nitrogens with one attached hydrogen (secondary N) is 1. The summed E-state index contributed by atoms with van der Waals surface area (Å²) >= 11 is 0. The summed E-state index contributed by atoms with van der Waals surface area (Å²) in [6, 6.07) is 13.4. The Morgan fingerprint density at radius 3 is 2.79 bits per heavy atom. The lowest BCUT2D eigenvalue weighted by molar-refractivity contribution is -0.130. The van der Waals surface area contributed by atoms with Crippen molar-refractivity contribution in [2.75, 3.05) is 40.5 Å². The summed E-state index contributed by atoms with van der Waals surface area (Å²) in [5, 5.41) is 3.39. The van der Waals surface area contributed by atoms with Crippen molar-refractivity contribution in [2.24, 2.45) is 0 Å². The maximum atomic E-state index is 13.4. The lowest BCUT2D eigenvalue weighted by Gasteiger charge is -2.38. The molecule has 2 aromatic rings. The van der Waals surface area contributed by atoms with Gasteiger partial charge in [-0.1, -0.05) is 18.2 Å². The van der Waals surface area contributed by atoms with Gasteiger partial charge >= 0.3 is 0 Å². The summed E-state index contributed by atoms with van der Waals surface area (Å²) in [5.41, 5.74) is 2.51. The van der Waals surface area contributed by atoms with E-state index in [2.05, 4.69) is 5.32 Å². The van der Waals surface area contributed by atoms with E-state index in [1.807, 2.05) is 53.4 Å². The van der Waals surface area contributed by atoms with Crippen molar-refractivity contribution in [1.29, 1.82) is 0 Å². The second-order valence-electron chi connectivity index (χ2n) is 6.82. The van der Waals surface area contributed by atoms with Gasteiger partial charge in [0.25, 0.3) is 5.91 Å². The van der Waals surface area contributed by atoms with E-state index < -0.39 is 0 Å². The minimum atomic E-state index is -0.0926. The molecular formula is C22H25ClN2O4. The Morgan fingerprint density at radius 1 is 1.17 bits per heavy atom. The molecule has 1 unspecified atom stereocenters. The molecule has 1 N–H and O–H groups in total. The molecule has 7 heteroatoms. The highest BCUT2D eigenvalue weighted by Crippen LogP contribution is 2.34. The summed E-state index contributed by atoms with van der Waals surface area (Å²) < 4.78 is 16.6. The second-order valence-corrected chi connectivity index (χ2v) is 6.82. The minimum Gasteiger partial charge on any atom is -0.497 e. The van der Waals surface area contributed by atoms with Crippen LogP contribution in [0.15, 0.2) is 48.0 Å². The molecule has 2 aromatic carbocycles. The SMILES string of the molecule is COc1ccc2c(c1)C=C(C(=O)N1CCNCC1c1ccccc1OC)CO2.Cl. The number of halogens is 1. The highest BCUT2D eigenvalue weighted by atomic mass is 35.5. The van der Waals surface area contributed by atoms with Gasteiger partial charge in [0.1, 0.15) is 23.9 Å². The minimum absolute atomic E-state index is 0. The molecule has 0 aromatic heterocycles. The van der Waals surface area contributed by atoms with Crippen LogP contribution in [-0.4, -0.2) is 51.3 Å². The lowest BCUT2D eigenvalue weighted by atomic mass is 9.99. The fraction of sp³-hybridized carbons (Fsp3) is 0.318. The predicted octanol–water partition coefficient (Wildman–Crippen LogP) is 3.07. The molecule has 0 spiro atoms. The molecule has 1 amide bonds. The van der Waals surface area contributed by atoms with Gasteiger partial charge < -0.3 is 24.4 Å². The number of carbonyl (C=O) groups is 1. The Bertz CT molecular complexity index is 915. The quantitative estimate of drug-likeness (QED) is 0.830. The number of carbonyl (C=O) groups excluding carboxylic acids is 1. The molecule has 1 fully saturated rings. The van der Waals surface area contributed by atoms with Crippen molar-refractivity contribution in [2.45, 2.75) is 6.04 Å².